The molecule has 1 amide bonds. The molecule has 1 aliphatic heterocycles. The monoisotopic (exact) mass is 285 g/mol. The summed E-state index contributed by atoms with van der Waals surface area (Å²) >= 11 is 0. The molecule has 2 aromatic carbocycles. The summed E-state index contributed by atoms with van der Waals surface area (Å²) in [6.07, 6.45) is 0.368. The molecule has 5 heteroatoms. The van der Waals surface area contributed by atoms with E-state index < -0.39 is 0 Å². The highest BCUT2D eigenvalue weighted by molar-refractivity contribution is 6.00. The first-order valence-electron chi connectivity index (χ1n) is 6.77. The number of hydrogen-bond donors (Lipinski definition) is 3. The lowest BCUT2D eigenvalue weighted by Crippen LogP contribution is -2.09. The summed E-state index contributed by atoms with van der Waals surface area (Å²) in [6.45, 7) is 1.97. The summed E-state index contributed by atoms with van der Waals surface area (Å²) in [5.74, 6) is -0.279. The summed E-state index contributed by atoms with van der Waals surface area (Å²) in [5.41, 5.74) is 10.0. The van der Waals surface area contributed by atoms with E-state index in [9.17, 15) is 9.18 Å². The SMILES string of the molecule is CC(Nc1cc2c(cc1N)CC(=O)N2)c1ccc(F)cc1. The Kier molecular flexibility index (Phi) is 3.25. The van der Waals surface area contributed by atoms with Crippen LogP contribution in [0.1, 0.15) is 24.1 Å². The van der Waals surface area contributed by atoms with Crippen molar-refractivity contribution in [2.45, 2.75) is 19.4 Å². The van der Waals surface area contributed by atoms with Gasteiger partial charge in [0.2, 0.25) is 5.91 Å². The van der Waals surface area contributed by atoms with E-state index >= 15 is 0 Å². The minimum atomic E-state index is -0.259. The molecule has 1 unspecified atom stereocenters. The van der Waals surface area contributed by atoms with Crippen molar-refractivity contribution in [3.8, 4) is 0 Å². The highest BCUT2D eigenvalue weighted by atomic mass is 19.1. The summed E-state index contributed by atoms with van der Waals surface area (Å²) in [6, 6.07) is 9.96. The van der Waals surface area contributed by atoms with Crippen LogP contribution in [-0.2, 0) is 11.2 Å². The zero-order valence-electron chi connectivity index (χ0n) is 11.6. The number of carbonyl (C=O) groups is 1. The lowest BCUT2D eigenvalue weighted by atomic mass is 10.1. The van der Waals surface area contributed by atoms with E-state index in [-0.39, 0.29) is 17.8 Å². The molecule has 0 bridgehead atoms. The molecule has 21 heavy (non-hydrogen) atoms. The number of nitrogens with two attached hydrogens (primary N) is 1. The third-order valence-electron chi connectivity index (χ3n) is 3.64. The first-order valence-corrected chi connectivity index (χ1v) is 6.77. The van der Waals surface area contributed by atoms with Crippen LogP contribution in [0.5, 0.6) is 0 Å². The normalized spacial score (nSPS) is 14.5. The molecule has 108 valence electrons. The Morgan fingerprint density at radius 2 is 2.00 bits per heavy atom. The van der Waals surface area contributed by atoms with Crippen LogP contribution in [0, 0.1) is 5.82 Å². The molecule has 1 atom stereocenters. The maximum Gasteiger partial charge on any atom is 0.228 e. The number of nitrogen functional groups attached to an aromatic ring is 1. The lowest BCUT2D eigenvalue weighted by Gasteiger charge is -2.18. The van der Waals surface area contributed by atoms with Gasteiger partial charge in [0, 0.05) is 11.7 Å². The van der Waals surface area contributed by atoms with Crippen molar-refractivity contribution in [2.24, 2.45) is 0 Å². The van der Waals surface area contributed by atoms with Crippen LogP contribution >= 0.6 is 0 Å². The van der Waals surface area contributed by atoms with Crippen molar-refractivity contribution in [2.75, 3.05) is 16.4 Å². The van der Waals surface area contributed by atoms with Gasteiger partial charge in [-0.25, -0.2) is 4.39 Å². The van der Waals surface area contributed by atoms with Gasteiger partial charge in [-0.2, -0.15) is 0 Å². The van der Waals surface area contributed by atoms with Gasteiger partial charge in [-0.15, -0.1) is 0 Å². The maximum absolute atomic E-state index is 12.9. The van der Waals surface area contributed by atoms with Gasteiger partial charge in [-0.1, -0.05) is 12.1 Å². The molecular formula is C16H16FN3O. The summed E-state index contributed by atoms with van der Waals surface area (Å²) in [7, 11) is 0. The summed E-state index contributed by atoms with van der Waals surface area (Å²) in [5, 5.41) is 6.09. The average Bonchev–Trinajstić information content (AvgIpc) is 2.79. The number of halogens is 1. The maximum atomic E-state index is 12.9. The molecule has 0 spiro atoms. The van der Waals surface area contributed by atoms with E-state index in [2.05, 4.69) is 10.6 Å². The smallest absolute Gasteiger partial charge is 0.228 e. The molecule has 0 saturated carbocycles. The van der Waals surface area contributed by atoms with Crippen LogP contribution in [0.2, 0.25) is 0 Å². The Labute approximate surface area is 122 Å². The first-order chi connectivity index (χ1) is 10.0. The van der Waals surface area contributed by atoms with Crippen molar-refractivity contribution in [1.82, 2.24) is 0 Å². The van der Waals surface area contributed by atoms with Crippen molar-refractivity contribution < 1.29 is 9.18 Å². The Hall–Kier alpha value is -2.56. The molecule has 0 aliphatic carbocycles. The molecule has 0 saturated heterocycles. The third-order valence-corrected chi connectivity index (χ3v) is 3.64. The van der Waals surface area contributed by atoms with E-state index in [0.29, 0.717) is 12.1 Å². The van der Waals surface area contributed by atoms with Crippen LogP contribution in [0.25, 0.3) is 0 Å². The van der Waals surface area contributed by atoms with Crippen molar-refractivity contribution >= 4 is 23.0 Å². The Morgan fingerprint density at radius 1 is 1.29 bits per heavy atom. The van der Waals surface area contributed by atoms with Crippen molar-refractivity contribution in [3.05, 3.63) is 53.3 Å². The highest BCUT2D eigenvalue weighted by Crippen LogP contribution is 2.33. The van der Waals surface area contributed by atoms with Gasteiger partial charge < -0.3 is 16.4 Å². The van der Waals surface area contributed by atoms with Crippen molar-refractivity contribution in [1.29, 1.82) is 0 Å². The second kappa shape index (κ2) is 5.09. The summed E-state index contributed by atoms with van der Waals surface area (Å²) in [4.78, 5) is 11.4. The number of rotatable bonds is 3. The van der Waals surface area contributed by atoms with E-state index in [4.69, 9.17) is 5.73 Å². The van der Waals surface area contributed by atoms with Crippen LogP contribution in [0.3, 0.4) is 0 Å². The van der Waals surface area contributed by atoms with Gasteiger partial charge in [0.25, 0.3) is 0 Å². The predicted octanol–water partition coefficient (Wildman–Crippen LogP) is 3.08. The molecule has 3 rings (SSSR count). The molecule has 0 aromatic heterocycles. The fourth-order valence-corrected chi connectivity index (χ4v) is 2.49. The zero-order chi connectivity index (χ0) is 15.0. The molecule has 0 radical (unpaired) electrons. The van der Waals surface area contributed by atoms with Gasteiger partial charge in [0.1, 0.15) is 5.82 Å². The average molecular weight is 285 g/mol. The highest BCUT2D eigenvalue weighted by Gasteiger charge is 2.19. The lowest BCUT2D eigenvalue weighted by molar-refractivity contribution is -0.115. The van der Waals surface area contributed by atoms with Gasteiger partial charge in [-0.05, 0) is 42.3 Å². The third kappa shape index (κ3) is 2.67. The van der Waals surface area contributed by atoms with Gasteiger partial charge in [0.15, 0.2) is 0 Å². The van der Waals surface area contributed by atoms with Gasteiger partial charge in [-0.3, -0.25) is 4.79 Å². The molecule has 0 fully saturated rings. The first kappa shape index (κ1) is 13.4. The van der Waals surface area contributed by atoms with E-state index in [1.807, 2.05) is 19.1 Å². The quantitative estimate of drug-likeness (QED) is 0.759. The number of amides is 1. The molecule has 1 heterocycles. The zero-order valence-corrected chi connectivity index (χ0v) is 11.6. The van der Waals surface area contributed by atoms with E-state index in [1.54, 1.807) is 12.1 Å². The van der Waals surface area contributed by atoms with Gasteiger partial charge >= 0.3 is 0 Å². The number of nitrogens with one attached hydrogen (secondary N) is 2. The number of benzene rings is 2. The number of carbonyl (C=O) groups excluding carboxylic acids is 1. The number of fused-ring (bicyclic) bond motifs is 1. The van der Waals surface area contributed by atoms with Crippen molar-refractivity contribution in [3.63, 3.8) is 0 Å². The minimum Gasteiger partial charge on any atom is -0.397 e. The Bertz CT molecular complexity index is 697. The minimum absolute atomic E-state index is 0.0202. The molecule has 4 nitrogen and oxygen atoms in total. The van der Waals surface area contributed by atoms with E-state index in [1.165, 1.54) is 12.1 Å². The van der Waals surface area contributed by atoms with Gasteiger partial charge in [0.05, 0.1) is 17.8 Å². The van der Waals surface area contributed by atoms with Crippen LogP contribution in [0.4, 0.5) is 21.5 Å². The predicted molar refractivity (Wildman–Crippen MR) is 81.6 cm³/mol. The number of anilines is 3. The second-order valence-electron chi connectivity index (χ2n) is 5.24. The Morgan fingerprint density at radius 3 is 2.71 bits per heavy atom. The second-order valence-corrected chi connectivity index (χ2v) is 5.24. The Balaban J connectivity index is 1.83. The largest absolute Gasteiger partial charge is 0.397 e. The topological polar surface area (TPSA) is 67.1 Å². The standard InChI is InChI=1S/C16H16FN3O/c1-9(10-2-4-12(17)5-3-10)19-15-8-14-11(6-13(15)18)7-16(21)20-14/h2-6,8-9,19H,7,18H2,1H3,(H,20,21). The summed E-state index contributed by atoms with van der Waals surface area (Å²) < 4.78 is 12.9. The van der Waals surface area contributed by atoms with Crippen LogP contribution < -0.4 is 16.4 Å². The number of hydrogen-bond acceptors (Lipinski definition) is 3. The molecule has 2 aromatic rings. The van der Waals surface area contributed by atoms with Crippen LogP contribution in [-0.4, -0.2) is 5.91 Å². The fourth-order valence-electron chi connectivity index (χ4n) is 2.49. The molecule has 4 N–H and O–H groups in total. The van der Waals surface area contributed by atoms with Crippen LogP contribution in [0.15, 0.2) is 36.4 Å². The fraction of sp³-hybridized carbons (Fsp3) is 0.188. The van der Waals surface area contributed by atoms with E-state index in [0.717, 1.165) is 22.5 Å². The molecule has 1 aliphatic rings. The molecular weight excluding hydrogens is 269 g/mol.